The van der Waals surface area contributed by atoms with Crippen LogP contribution in [0.25, 0.3) is 0 Å². The summed E-state index contributed by atoms with van der Waals surface area (Å²) in [6.07, 6.45) is -1.31. The van der Waals surface area contributed by atoms with Crippen LogP contribution in [0.15, 0.2) is 60.0 Å². The average Bonchev–Trinajstić information content (AvgIpc) is 3.01. The van der Waals surface area contributed by atoms with E-state index in [4.69, 9.17) is 36.1 Å². The van der Waals surface area contributed by atoms with Gasteiger partial charge in [-0.25, -0.2) is 14.5 Å². The van der Waals surface area contributed by atoms with Crippen LogP contribution in [0.2, 0.25) is 0 Å². The third kappa shape index (κ3) is 6.70. The number of amidine groups is 1. The van der Waals surface area contributed by atoms with Gasteiger partial charge >= 0.3 is 12.6 Å². The largest absolute Gasteiger partial charge is 0.462 e. The molecule has 0 aliphatic carbocycles. The van der Waals surface area contributed by atoms with Gasteiger partial charge in [0, 0.05) is 6.20 Å². The van der Waals surface area contributed by atoms with Crippen LogP contribution in [0.3, 0.4) is 0 Å². The molecule has 1 fully saturated rings. The number of aliphatic imine (C=N–C) groups is 1. The molecular weight excluding hydrogens is 510 g/mol. The number of rotatable bonds is 10. The molecule has 0 radical (unpaired) electrons. The minimum absolute atomic E-state index is 0.161. The monoisotopic (exact) mass is 542 g/mol. The first-order valence-corrected chi connectivity index (χ1v) is 14.0. The number of carbonyl (C=O) groups excluding carboxylic acids is 1. The van der Waals surface area contributed by atoms with Gasteiger partial charge in [-0.2, -0.15) is 0 Å². The lowest BCUT2D eigenvalue weighted by Crippen LogP contribution is -2.48. The highest BCUT2D eigenvalue weighted by molar-refractivity contribution is 8.09. The number of nitrogens with two attached hydrogens (primary N) is 1. The van der Waals surface area contributed by atoms with Crippen molar-refractivity contribution in [2.45, 2.75) is 63.9 Å². The van der Waals surface area contributed by atoms with Gasteiger partial charge in [-0.3, -0.25) is 4.79 Å². The number of para-hydroxylation sites is 1. The number of ether oxygens (including phenoxy) is 2. The van der Waals surface area contributed by atoms with Crippen molar-refractivity contribution >= 4 is 30.3 Å². The Labute approximate surface area is 215 Å². The fourth-order valence-corrected chi connectivity index (χ4v) is 5.97. The van der Waals surface area contributed by atoms with Crippen molar-refractivity contribution in [3.05, 3.63) is 55.0 Å². The zero-order chi connectivity index (χ0) is 26.7. The van der Waals surface area contributed by atoms with Crippen molar-refractivity contribution in [2.24, 2.45) is 10.7 Å². The van der Waals surface area contributed by atoms with Gasteiger partial charge in [0.25, 0.3) is 0 Å². The predicted molar refractivity (Wildman–Crippen MR) is 137 cm³/mol. The van der Waals surface area contributed by atoms with E-state index in [1.165, 1.54) is 24.1 Å². The molecule has 198 valence electrons. The van der Waals surface area contributed by atoms with Crippen molar-refractivity contribution in [3.63, 3.8) is 0 Å². The maximum absolute atomic E-state index is 15.6. The summed E-state index contributed by atoms with van der Waals surface area (Å²) >= 11 is 5.66. The summed E-state index contributed by atoms with van der Waals surface area (Å²) in [5.41, 5.74) is 3.45. The Balaban J connectivity index is 1.75. The first-order valence-electron chi connectivity index (χ1n) is 11.3. The molecule has 36 heavy (non-hydrogen) atoms. The van der Waals surface area contributed by atoms with Gasteiger partial charge < -0.3 is 34.3 Å². The lowest BCUT2D eigenvalue weighted by atomic mass is 9.98. The van der Waals surface area contributed by atoms with E-state index >= 15 is 4.39 Å². The molecule has 13 heteroatoms. The number of carbonyl (C=O) groups is 1. The highest BCUT2D eigenvalue weighted by Gasteiger charge is 2.57. The Kier molecular flexibility index (Phi) is 8.92. The van der Waals surface area contributed by atoms with Gasteiger partial charge in [0.15, 0.2) is 11.9 Å². The number of halogens is 1. The summed E-state index contributed by atoms with van der Waals surface area (Å²) in [6, 6.07) is 7.81. The van der Waals surface area contributed by atoms with Crippen LogP contribution < -0.4 is 15.3 Å². The second-order valence-corrected chi connectivity index (χ2v) is 12.0. The van der Waals surface area contributed by atoms with Crippen LogP contribution in [0.5, 0.6) is 5.75 Å². The molecule has 3 rings (SSSR count). The van der Waals surface area contributed by atoms with Crippen LogP contribution in [0, 0.1) is 0 Å². The summed E-state index contributed by atoms with van der Waals surface area (Å²) < 4.78 is 38.5. The Hall–Kier alpha value is -2.34. The lowest BCUT2D eigenvalue weighted by Gasteiger charge is -2.34. The first kappa shape index (κ1) is 28.2. The molecule has 1 aromatic carbocycles. The lowest BCUT2D eigenvalue weighted by molar-refractivity contribution is -0.149. The zero-order valence-corrected chi connectivity index (χ0v) is 22.2. The van der Waals surface area contributed by atoms with E-state index in [0.717, 1.165) is 0 Å². The topological polar surface area (TPSA) is 128 Å². The molecule has 0 aromatic heterocycles. The first-order chi connectivity index (χ1) is 16.8. The number of nitrogens with zero attached hydrogens (tertiary/aromatic N) is 2. The normalized spacial score (nSPS) is 28.5. The Morgan fingerprint density at radius 1 is 1.42 bits per heavy atom. The number of nitrogens with one attached hydrogen (secondary N) is 1. The Morgan fingerprint density at radius 2 is 2.08 bits per heavy atom. The predicted octanol–water partition coefficient (Wildman–Crippen LogP) is 2.71. The van der Waals surface area contributed by atoms with Crippen molar-refractivity contribution in [2.75, 3.05) is 6.61 Å². The van der Waals surface area contributed by atoms with Gasteiger partial charge in [-0.1, -0.05) is 24.8 Å². The highest BCUT2D eigenvalue weighted by atomic mass is 32.5. The van der Waals surface area contributed by atoms with E-state index in [9.17, 15) is 9.90 Å². The SMILES string of the molecule is C=C1N=C(N)C=CN1[C@@H]1O[C@H](COP(=S)(NC(C)C(=O)OC(C)C)Oc2ccccc2)C(O)C1(C)F. The van der Waals surface area contributed by atoms with Crippen LogP contribution in [-0.2, 0) is 30.6 Å². The van der Waals surface area contributed by atoms with Gasteiger partial charge in [-0.15, -0.1) is 0 Å². The number of benzene rings is 1. The molecule has 2 aliphatic rings. The van der Waals surface area contributed by atoms with Gasteiger partial charge in [-0.05, 0) is 57.7 Å². The number of aliphatic hydroxyl groups is 1. The molecule has 0 spiro atoms. The van der Waals surface area contributed by atoms with E-state index in [2.05, 4.69) is 16.7 Å². The van der Waals surface area contributed by atoms with Crippen LogP contribution in [0.1, 0.15) is 27.7 Å². The average molecular weight is 543 g/mol. The molecule has 4 unspecified atom stereocenters. The number of hydrogen-bond acceptors (Lipinski definition) is 10. The van der Waals surface area contributed by atoms with Crippen molar-refractivity contribution in [1.29, 1.82) is 0 Å². The van der Waals surface area contributed by atoms with E-state index in [-0.39, 0.29) is 24.4 Å². The number of hydrogen-bond donors (Lipinski definition) is 3. The summed E-state index contributed by atoms with van der Waals surface area (Å²) in [5.74, 6) is 0.242. The van der Waals surface area contributed by atoms with E-state index < -0.39 is 42.8 Å². The van der Waals surface area contributed by atoms with Crippen molar-refractivity contribution in [1.82, 2.24) is 9.99 Å². The molecule has 0 saturated carbocycles. The van der Waals surface area contributed by atoms with E-state index in [1.54, 1.807) is 51.1 Å². The van der Waals surface area contributed by atoms with E-state index in [0.29, 0.717) is 5.75 Å². The summed E-state index contributed by atoms with van der Waals surface area (Å²) in [4.78, 5) is 17.7. The third-order valence-corrected chi connectivity index (χ3v) is 7.87. The second kappa shape index (κ2) is 11.4. The van der Waals surface area contributed by atoms with Crippen LogP contribution >= 0.6 is 6.64 Å². The molecule has 2 heterocycles. The standard InChI is InChI=1S/C23H32FN4O6PS/c1-14(2)32-21(30)15(3)27-35(36,34-17-9-7-6-8-10-17)31-13-18-20(29)23(5,24)22(33-18)28-12-11-19(25)26-16(28)4/h6-12,14-15,18,20,22,29H,4,13H2,1-3,5H3,(H2,25,26)(H,27,36)/t15?,18-,20?,22-,23?,35?/m1/s1. The maximum atomic E-state index is 15.6. The fraction of sp³-hybridized carbons (Fsp3) is 0.478. The molecular formula is C23H32FN4O6PS. The molecule has 0 bridgehead atoms. The van der Waals surface area contributed by atoms with Gasteiger partial charge in [0.1, 0.15) is 35.7 Å². The van der Waals surface area contributed by atoms with Crippen molar-refractivity contribution in [3.8, 4) is 5.75 Å². The Morgan fingerprint density at radius 3 is 2.69 bits per heavy atom. The molecule has 1 aromatic rings. The summed E-state index contributed by atoms with van der Waals surface area (Å²) in [5, 5.41) is 13.6. The molecule has 0 amide bonds. The minimum Gasteiger partial charge on any atom is -0.462 e. The third-order valence-electron chi connectivity index (χ3n) is 5.37. The quantitative estimate of drug-likeness (QED) is 0.300. The maximum Gasteiger partial charge on any atom is 0.323 e. The number of aliphatic hydroxyl groups excluding tert-OH is 1. The molecule has 10 nitrogen and oxygen atoms in total. The zero-order valence-electron chi connectivity index (χ0n) is 20.5. The summed E-state index contributed by atoms with van der Waals surface area (Å²) in [7, 11) is 0. The Bertz CT molecular complexity index is 1070. The smallest absolute Gasteiger partial charge is 0.323 e. The van der Waals surface area contributed by atoms with Crippen LogP contribution in [0.4, 0.5) is 4.39 Å². The second-order valence-electron chi connectivity index (χ2n) is 8.83. The number of alkyl halides is 1. The molecule has 6 atom stereocenters. The molecule has 1 saturated heterocycles. The molecule has 4 N–H and O–H groups in total. The van der Waals surface area contributed by atoms with Crippen molar-refractivity contribution < 1.29 is 32.8 Å². The van der Waals surface area contributed by atoms with Gasteiger partial charge in [0.2, 0.25) is 0 Å². The number of esters is 1. The van der Waals surface area contributed by atoms with Gasteiger partial charge in [0.05, 0.1) is 12.7 Å². The highest BCUT2D eigenvalue weighted by Crippen LogP contribution is 2.47. The van der Waals surface area contributed by atoms with E-state index in [1.807, 2.05) is 0 Å². The van der Waals surface area contributed by atoms with Crippen LogP contribution in [-0.4, -0.2) is 64.7 Å². The fourth-order valence-electron chi connectivity index (χ4n) is 3.56. The molecule has 2 aliphatic heterocycles. The minimum atomic E-state index is -3.40. The summed E-state index contributed by atoms with van der Waals surface area (Å²) in [6.45, 7) is 6.28.